The summed E-state index contributed by atoms with van der Waals surface area (Å²) in [4.78, 5) is 24.0. The van der Waals surface area contributed by atoms with Crippen LogP contribution < -0.4 is 9.75 Å². The molecule has 2 nitrogen and oxygen atoms in total. The van der Waals surface area contributed by atoms with E-state index in [1.165, 1.54) is 78.2 Å². The molecule has 0 N–H and O–H groups in total. The van der Waals surface area contributed by atoms with E-state index >= 15 is 0 Å². The number of hydrogen-bond acceptors (Lipinski definition) is 7. The minimum atomic E-state index is -0.170. The summed E-state index contributed by atoms with van der Waals surface area (Å²) in [5.41, 5.74) is 2.21. The predicted molar refractivity (Wildman–Crippen MR) is 257 cm³/mol. The summed E-state index contributed by atoms with van der Waals surface area (Å²) >= 11 is 12.3. The van der Waals surface area contributed by atoms with Gasteiger partial charge in [-0.15, -0.1) is 58.0 Å². The zero-order valence-electron chi connectivity index (χ0n) is 36.4. The molecule has 0 fully saturated rings. The van der Waals surface area contributed by atoms with Gasteiger partial charge in [-0.3, -0.25) is 0 Å². The van der Waals surface area contributed by atoms with E-state index in [0.717, 1.165) is 52.3 Å². The van der Waals surface area contributed by atoms with Gasteiger partial charge in [-0.05, 0) is 97.0 Å². The number of hydrogen-bond donors (Lipinski definition) is 1. The number of thiophene rings is 4. The van der Waals surface area contributed by atoms with E-state index in [2.05, 4.69) is 125 Å². The highest BCUT2D eigenvalue weighted by Crippen LogP contribution is 2.50. The highest BCUT2D eigenvalue weighted by Gasteiger charge is 2.42. The number of carbonyl (C=O) groups excluding carboxylic acids is 1. The second kappa shape index (κ2) is 20.9. The second-order valence-electron chi connectivity index (χ2n) is 17.6. The molecular formula is C49H70O2S5. The van der Waals surface area contributed by atoms with Crippen molar-refractivity contribution in [3.8, 4) is 9.75 Å². The lowest BCUT2D eigenvalue weighted by Crippen LogP contribution is -2.39. The maximum atomic E-state index is 13.6. The minimum absolute atomic E-state index is 0.0805. The van der Waals surface area contributed by atoms with Crippen molar-refractivity contribution >= 4 is 81.0 Å². The van der Waals surface area contributed by atoms with Crippen LogP contribution in [0.15, 0.2) is 42.5 Å². The molecule has 4 heterocycles. The highest BCUT2D eigenvalue weighted by atomic mass is 32.1. The first-order valence-corrected chi connectivity index (χ1v) is 24.9. The van der Waals surface area contributed by atoms with Gasteiger partial charge in [0.25, 0.3) is 0 Å². The van der Waals surface area contributed by atoms with Crippen molar-refractivity contribution in [3.63, 3.8) is 0 Å². The van der Waals surface area contributed by atoms with Crippen LogP contribution in [0.1, 0.15) is 170 Å². The van der Waals surface area contributed by atoms with E-state index in [9.17, 15) is 4.79 Å². The van der Waals surface area contributed by atoms with E-state index in [-0.39, 0.29) is 22.2 Å². The molecule has 1 atom stereocenters. The Morgan fingerprint density at radius 1 is 0.786 bits per heavy atom. The van der Waals surface area contributed by atoms with Gasteiger partial charge in [0.2, 0.25) is 0 Å². The van der Waals surface area contributed by atoms with Crippen molar-refractivity contribution in [2.45, 2.75) is 169 Å². The fourth-order valence-electron chi connectivity index (χ4n) is 7.17. The third-order valence-corrected chi connectivity index (χ3v) is 18.3. The molecule has 1 unspecified atom stereocenters. The Labute approximate surface area is 362 Å². The maximum absolute atomic E-state index is 13.6. The van der Waals surface area contributed by atoms with Gasteiger partial charge in [-0.1, -0.05) is 127 Å². The highest BCUT2D eigenvalue weighted by molar-refractivity contribution is 7.90. The van der Waals surface area contributed by atoms with Gasteiger partial charge >= 0.3 is 5.97 Å². The molecule has 0 spiro atoms. The van der Waals surface area contributed by atoms with Crippen molar-refractivity contribution in [1.29, 1.82) is 0 Å². The zero-order valence-corrected chi connectivity index (χ0v) is 40.6. The summed E-state index contributed by atoms with van der Waals surface area (Å²) in [5, 5.41) is 0.915. The van der Waals surface area contributed by atoms with Crippen LogP contribution in [0.25, 0.3) is 26.8 Å². The number of esters is 1. The number of thiol groups is 1. The molecule has 4 aromatic rings. The molecule has 308 valence electrons. The quantitative estimate of drug-likeness (QED) is 0.0513. The Kier molecular flexibility index (Phi) is 17.4. The number of unbranched alkanes of at least 4 members (excludes halogenated alkanes) is 4. The molecule has 0 aliphatic carbocycles. The van der Waals surface area contributed by atoms with Crippen LogP contribution in [0.3, 0.4) is 0 Å². The lowest BCUT2D eigenvalue weighted by Gasteiger charge is -2.40. The van der Waals surface area contributed by atoms with Crippen molar-refractivity contribution < 1.29 is 9.53 Å². The minimum Gasteiger partial charge on any atom is -0.462 e. The van der Waals surface area contributed by atoms with E-state index in [4.69, 9.17) is 17.4 Å². The lowest BCUT2D eigenvalue weighted by atomic mass is 9.66. The standard InChI is InChI=1S/C49H70O2S5/c1-13-17-19-20-23-34(22-18-14-2)32-51-46(50)36(16-4)45-33(5)30-41(56-45)40-27-29-43(55-40)48(9,10)49(11,12)44-31-35(15-3)38(53-44)25-21-24-37(52)39-26-28-42(54-39)47(6,7)8/h24,26-31,34,52H,5,13-23,25,32H2,1-4,6-12H3/b37-24-,45-36-. The van der Waals surface area contributed by atoms with Crippen LogP contribution >= 0.6 is 58.0 Å². The van der Waals surface area contributed by atoms with Gasteiger partial charge in [-0.25, -0.2) is 4.79 Å². The molecule has 0 saturated carbocycles. The summed E-state index contributed by atoms with van der Waals surface area (Å²) in [6, 6.07) is 13.7. The van der Waals surface area contributed by atoms with Crippen molar-refractivity contribution in [1.82, 2.24) is 0 Å². The summed E-state index contributed by atoms with van der Waals surface area (Å²) in [6.07, 6.45) is 15.6. The monoisotopic (exact) mass is 850 g/mol. The molecule has 0 aromatic carbocycles. The summed E-state index contributed by atoms with van der Waals surface area (Å²) < 4.78 is 7.01. The Morgan fingerprint density at radius 3 is 2.11 bits per heavy atom. The average molecular weight is 851 g/mol. The molecular weight excluding hydrogens is 781 g/mol. The fraction of sp³-hybridized carbons (Fsp3) is 0.571. The summed E-state index contributed by atoms with van der Waals surface area (Å²) in [7, 11) is 0. The third-order valence-electron chi connectivity index (χ3n) is 11.8. The number of aryl methyl sites for hydroxylation is 2. The Bertz CT molecular complexity index is 2000. The van der Waals surface area contributed by atoms with Crippen LogP contribution in [-0.4, -0.2) is 12.6 Å². The molecule has 56 heavy (non-hydrogen) atoms. The second-order valence-corrected chi connectivity index (χ2v) is 22.5. The van der Waals surface area contributed by atoms with Crippen molar-refractivity contribution in [3.05, 3.63) is 82.2 Å². The van der Waals surface area contributed by atoms with Gasteiger partial charge in [0.05, 0.1) is 12.2 Å². The molecule has 0 aliphatic heterocycles. The average Bonchev–Trinajstić information content (AvgIpc) is 3.98. The van der Waals surface area contributed by atoms with Crippen molar-refractivity contribution in [2.75, 3.05) is 6.61 Å². The summed E-state index contributed by atoms with van der Waals surface area (Å²) in [6.45, 7) is 30.2. The Hall–Kier alpha value is -1.90. The van der Waals surface area contributed by atoms with Crippen LogP contribution in [0.4, 0.5) is 0 Å². The number of ether oxygens (including phenoxy) is 1. The molecule has 0 aliphatic rings. The molecule has 7 heteroatoms. The van der Waals surface area contributed by atoms with E-state index in [0.29, 0.717) is 18.9 Å². The van der Waals surface area contributed by atoms with Crippen LogP contribution in [-0.2, 0) is 38.6 Å². The van der Waals surface area contributed by atoms with Crippen LogP contribution in [0.2, 0.25) is 0 Å². The molecule has 0 bridgehead atoms. The van der Waals surface area contributed by atoms with Gasteiger partial charge < -0.3 is 4.74 Å². The van der Waals surface area contributed by atoms with Crippen LogP contribution in [0, 0.1) is 5.92 Å². The lowest BCUT2D eigenvalue weighted by molar-refractivity contribution is -0.138. The number of allylic oxidation sites excluding steroid dienone is 1. The Balaban J connectivity index is 1.50. The molecule has 0 saturated heterocycles. The van der Waals surface area contributed by atoms with Gasteiger partial charge in [0.15, 0.2) is 0 Å². The number of rotatable bonds is 21. The summed E-state index contributed by atoms with van der Waals surface area (Å²) in [5.74, 6) is 0.275. The van der Waals surface area contributed by atoms with E-state index < -0.39 is 0 Å². The molecule has 4 aromatic heterocycles. The Morgan fingerprint density at radius 2 is 1.46 bits per heavy atom. The van der Waals surface area contributed by atoms with Crippen LogP contribution in [0.5, 0.6) is 0 Å². The first-order chi connectivity index (χ1) is 26.5. The first kappa shape index (κ1) is 46.8. The maximum Gasteiger partial charge on any atom is 0.335 e. The largest absolute Gasteiger partial charge is 0.462 e. The predicted octanol–water partition coefficient (Wildman–Crippen LogP) is 14.9. The van der Waals surface area contributed by atoms with Crippen molar-refractivity contribution in [2.24, 2.45) is 5.92 Å². The van der Waals surface area contributed by atoms with Gasteiger partial charge in [0.1, 0.15) is 0 Å². The zero-order chi connectivity index (χ0) is 41.3. The molecule has 0 amide bonds. The number of carbonyl (C=O) groups is 1. The smallest absolute Gasteiger partial charge is 0.335 e. The van der Waals surface area contributed by atoms with Gasteiger partial charge in [0, 0.05) is 54.4 Å². The normalized spacial score (nSPS) is 14.0. The molecule has 0 radical (unpaired) electrons. The topological polar surface area (TPSA) is 26.3 Å². The molecule has 4 rings (SSSR count). The fourth-order valence-corrected chi connectivity index (χ4v) is 12.6. The first-order valence-electron chi connectivity index (χ1n) is 21.2. The van der Waals surface area contributed by atoms with Gasteiger partial charge in [-0.2, -0.15) is 0 Å². The van der Waals surface area contributed by atoms with E-state index in [1.54, 1.807) is 11.3 Å². The van der Waals surface area contributed by atoms with E-state index in [1.807, 2.05) is 34.0 Å². The third kappa shape index (κ3) is 11.6. The SMILES string of the molecule is C=c1cc(-c2ccc(C(C)(C)C(C)(C)c3cc(CC)c(CC/C=C(\S)c4ccc(C(C)(C)C)s4)s3)s2)s/c1=C(/CC)C(=O)OCC(CCCC)CCCCCC.